The molecule has 0 aliphatic carbocycles. The van der Waals surface area contributed by atoms with E-state index in [9.17, 15) is 0 Å². The van der Waals surface area contributed by atoms with E-state index in [1.54, 1.807) is 17.9 Å². The number of aromatic nitrogens is 5. The van der Waals surface area contributed by atoms with Crippen molar-refractivity contribution in [2.45, 2.75) is 13.5 Å². The second-order valence-electron chi connectivity index (χ2n) is 4.88. The van der Waals surface area contributed by atoms with Crippen LogP contribution >= 0.6 is 0 Å². The molecule has 0 radical (unpaired) electrons. The van der Waals surface area contributed by atoms with E-state index in [4.69, 9.17) is 9.47 Å². The van der Waals surface area contributed by atoms with Crippen molar-refractivity contribution in [1.82, 2.24) is 25.0 Å². The molecule has 24 heavy (non-hydrogen) atoms. The predicted molar refractivity (Wildman–Crippen MR) is 88.4 cm³/mol. The molecule has 0 saturated carbocycles. The van der Waals surface area contributed by atoms with Crippen molar-refractivity contribution in [3.63, 3.8) is 0 Å². The van der Waals surface area contributed by atoms with Crippen LogP contribution in [0, 0.1) is 0 Å². The first-order valence-corrected chi connectivity index (χ1v) is 7.53. The molecule has 0 amide bonds. The van der Waals surface area contributed by atoms with Gasteiger partial charge in [-0.2, -0.15) is 0 Å². The van der Waals surface area contributed by atoms with Crippen molar-refractivity contribution < 1.29 is 9.47 Å². The molecule has 0 aliphatic heterocycles. The van der Waals surface area contributed by atoms with Crippen LogP contribution in [0.3, 0.4) is 0 Å². The summed E-state index contributed by atoms with van der Waals surface area (Å²) in [5.41, 5.74) is 1.71. The van der Waals surface area contributed by atoms with E-state index < -0.39 is 0 Å². The minimum Gasteiger partial charge on any atom is -0.497 e. The molecule has 0 fully saturated rings. The minimum absolute atomic E-state index is 0.499. The molecule has 0 unspecified atom stereocenters. The molecule has 2 heterocycles. The monoisotopic (exact) mass is 326 g/mol. The standard InChI is InChI=1S/C16H18N6O2/c1-3-24-16-8-15(18-11-19-16)17-9-12-10-22(21-20-12)13-4-6-14(23-2)7-5-13/h4-8,10-11H,3,9H2,1-2H3,(H,17,18,19). The van der Waals surface area contributed by atoms with Gasteiger partial charge in [0.05, 0.1) is 32.1 Å². The van der Waals surface area contributed by atoms with E-state index in [2.05, 4.69) is 25.6 Å². The fourth-order valence-electron chi connectivity index (χ4n) is 2.08. The van der Waals surface area contributed by atoms with Crippen LogP contribution in [0.5, 0.6) is 11.6 Å². The zero-order chi connectivity index (χ0) is 16.8. The maximum atomic E-state index is 5.35. The second-order valence-corrected chi connectivity index (χ2v) is 4.88. The smallest absolute Gasteiger partial charge is 0.218 e. The Labute approximate surface area is 139 Å². The highest BCUT2D eigenvalue weighted by atomic mass is 16.5. The SMILES string of the molecule is CCOc1cc(NCc2cn(-c3ccc(OC)cc3)nn2)ncn1. The predicted octanol–water partition coefficient (Wildman–Crippen LogP) is 2.08. The van der Waals surface area contributed by atoms with Crippen LogP contribution < -0.4 is 14.8 Å². The summed E-state index contributed by atoms with van der Waals surface area (Å²) in [5, 5.41) is 11.5. The number of benzene rings is 1. The lowest BCUT2D eigenvalue weighted by molar-refractivity contribution is 0.326. The van der Waals surface area contributed by atoms with Gasteiger partial charge in [-0.3, -0.25) is 0 Å². The van der Waals surface area contributed by atoms with Crippen molar-refractivity contribution in [2.24, 2.45) is 0 Å². The van der Waals surface area contributed by atoms with E-state index in [0.29, 0.717) is 24.8 Å². The van der Waals surface area contributed by atoms with Crippen LogP contribution in [0.15, 0.2) is 42.9 Å². The molecule has 8 heteroatoms. The fourth-order valence-corrected chi connectivity index (χ4v) is 2.08. The Morgan fingerprint density at radius 2 is 2.00 bits per heavy atom. The van der Waals surface area contributed by atoms with E-state index in [1.807, 2.05) is 37.4 Å². The van der Waals surface area contributed by atoms with Crippen LogP contribution in [-0.2, 0) is 6.54 Å². The van der Waals surface area contributed by atoms with E-state index in [1.165, 1.54) is 6.33 Å². The summed E-state index contributed by atoms with van der Waals surface area (Å²) in [6.07, 6.45) is 3.32. The molecule has 0 spiro atoms. The average Bonchev–Trinajstić information content (AvgIpc) is 3.10. The topological polar surface area (TPSA) is 87.0 Å². The number of hydrogen-bond donors (Lipinski definition) is 1. The Hall–Kier alpha value is -3.16. The second kappa shape index (κ2) is 7.40. The molecule has 0 aliphatic rings. The van der Waals surface area contributed by atoms with Gasteiger partial charge in [-0.05, 0) is 31.2 Å². The normalized spacial score (nSPS) is 10.4. The van der Waals surface area contributed by atoms with Crippen molar-refractivity contribution in [3.8, 4) is 17.3 Å². The van der Waals surface area contributed by atoms with Crippen molar-refractivity contribution in [2.75, 3.05) is 19.0 Å². The summed E-state index contributed by atoms with van der Waals surface area (Å²) >= 11 is 0. The van der Waals surface area contributed by atoms with Crippen LogP contribution in [0.2, 0.25) is 0 Å². The van der Waals surface area contributed by atoms with Gasteiger partial charge in [0.25, 0.3) is 0 Å². The molecule has 124 valence electrons. The van der Waals surface area contributed by atoms with Gasteiger partial charge in [-0.15, -0.1) is 5.10 Å². The largest absolute Gasteiger partial charge is 0.497 e. The summed E-state index contributed by atoms with van der Waals surface area (Å²) in [6, 6.07) is 9.35. The highest BCUT2D eigenvalue weighted by molar-refractivity contribution is 5.38. The van der Waals surface area contributed by atoms with Gasteiger partial charge >= 0.3 is 0 Å². The van der Waals surface area contributed by atoms with Gasteiger partial charge in [0.2, 0.25) is 5.88 Å². The molecule has 0 saturated heterocycles. The van der Waals surface area contributed by atoms with Gasteiger partial charge in [0.1, 0.15) is 23.6 Å². The molecular weight excluding hydrogens is 308 g/mol. The van der Waals surface area contributed by atoms with Crippen molar-refractivity contribution in [1.29, 1.82) is 0 Å². The lowest BCUT2D eigenvalue weighted by Crippen LogP contribution is -2.03. The van der Waals surface area contributed by atoms with Crippen LogP contribution in [-0.4, -0.2) is 38.7 Å². The zero-order valence-electron chi connectivity index (χ0n) is 13.5. The Morgan fingerprint density at radius 3 is 2.75 bits per heavy atom. The Kier molecular flexibility index (Phi) is 4.85. The molecular formula is C16H18N6O2. The number of hydrogen-bond acceptors (Lipinski definition) is 7. The summed E-state index contributed by atoms with van der Waals surface area (Å²) in [5.74, 6) is 2.01. The van der Waals surface area contributed by atoms with Gasteiger partial charge < -0.3 is 14.8 Å². The summed E-state index contributed by atoms with van der Waals surface area (Å²) in [6.45, 7) is 2.97. The molecule has 3 rings (SSSR count). The third-order valence-corrected chi connectivity index (χ3v) is 3.26. The average molecular weight is 326 g/mol. The maximum absolute atomic E-state index is 5.35. The number of anilines is 1. The Balaban J connectivity index is 1.64. The maximum Gasteiger partial charge on any atom is 0.218 e. The number of nitrogens with zero attached hydrogens (tertiary/aromatic N) is 5. The Bertz CT molecular complexity index is 787. The van der Waals surface area contributed by atoms with Crippen LogP contribution in [0.1, 0.15) is 12.6 Å². The van der Waals surface area contributed by atoms with Crippen LogP contribution in [0.4, 0.5) is 5.82 Å². The molecule has 0 atom stereocenters. The quantitative estimate of drug-likeness (QED) is 0.711. The first-order chi connectivity index (χ1) is 11.8. The van der Waals surface area contributed by atoms with E-state index >= 15 is 0 Å². The van der Waals surface area contributed by atoms with E-state index in [0.717, 1.165) is 17.1 Å². The summed E-state index contributed by atoms with van der Waals surface area (Å²) in [7, 11) is 1.64. The molecule has 1 aromatic carbocycles. The van der Waals surface area contributed by atoms with E-state index in [-0.39, 0.29) is 0 Å². The molecule has 2 aromatic heterocycles. The summed E-state index contributed by atoms with van der Waals surface area (Å²) in [4.78, 5) is 8.18. The molecule has 1 N–H and O–H groups in total. The molecule has 3 aromatic rings. The fraction of sp³-hybridized carbons (Fsp3) is 0.250. The highest BCUT2D eigenvalue weighted by Gasteiger charge is 2.05. The Morgan fingerprint density at radius 1 is 1.17 bits per heavy atom. The highest BCUT2D eigenvalue weighted by Crippen LogP contribution is 2.15. The lowest BCUT2D eigenvalue weighted by Gasteiger charge is -2.05. The van der Waals surface area contributed by atoms with Gasteiger partial charge in [0.15, 0.2) is 0 Å². The number of nitrogens with one attached hydrogen (secondary N) is 1. The zero-order valence-corrected chi connectivity index (χ0v) is 13.5. The third kappa shape index (κ3) is 3.78. The number of rotatable bonds is 7. The third-order valence-electron chi connectivity index (χ3n) is 3.26. The van der Waals surface area contributed by atoms with Crippen LogP contribution in [0.25, 0.3) is 5.69 Å². The number of methoxy groups -OCH3 is 1. The number of ether oxygens (including phenoxy) is 2. The minimum atomic E-state index is 0.499. The molecule has 8 nitrogen and oxygen atoms in total. The van der Waals surface area contributed by atoms with Gasteiger partial charge in [-0.1, -0.05) is 5.21 Å². The first kappa shape index (κ1) is 15.7. The van der Waals surface area contributed by atoms with Crippen molar-refractivity contribution >= 4 is 5.82 Å². The summed E-state index contributed by atoms with van der Waals surface area (Å²) < 4.78 is 12.2. The lowest BCUT2D eigenvalue weighted by atomic mass is 10.3. The van der Waals surface area contributed by atoms with Gasteiger partial charge in [0, 0.05) is 6.07 Å². The van der Waals surface area contributed by atoms with Gasteiger partial charge in [-0.25, -0.2) is 14.6 Å². The van der Waals surface area contributed by atoms with Crippen molar-refractivity contribution in [3.05, 3.63) is 48.5 Å². The molecule has 0 bridgehead atoms. The first-order valence-electron chi connectivity index (χ1n) is 7.53.